The van der Waals surface area contributed by atoms with Crippen LogP contribution in [0.3, 0.4) is 0 Å². The molecule has 0 aromatic carbocycles. The van der Waals surface area contributed by atoms with E-state index in [1.807, 2.05) is 6.07 Å². The van der Waals surface area contributed by atoms with E-state index in [9.17, 15) is 4.79 Å². The first-order chi connectivity index (χ1) is 9.29. The van der Waals surface area contributed by atoms with Gasteiger partial charge in [0.15, 0.2) is 0 Å². The largest absolute Gasteiger partial charge is 0.467 e. The van der Waals surface area contributed by atoms with Crippen LogP contribution >= 0.6 is 0 Å². The molecule has 2 aromatic heterocycles. The molecule has 0 radical (unpaired) electrons. The first-order valence-corrected chi connectivity index (χ1v) is 6.29. The number of nitrogens with zero attached hydrogens (tertiary/aromatic N) is 1. The number of hydrogen-bond acceptors (Lipinski definition) is 4. The Morgan fingerprint density at radius 2 is 2.32 bits per heavy atom. The molecular formula is C14H17N3O2. The highest BCUT2D eigenvalue weighted by Crippen LogP contribution is 2.08. The summed E-state index contributed by atoms with van der Waals surface area (Å²) >= 11 is 0. The fraction of sp³-hybridized carbons (Fsp3) is 0.286. The first kappa shape index (κ1) is 13.1. The Bertz CT molecular complexity index is 523. The maximum Gasteiger partial charge on any atom is 0.253 e. The van der Waals surface area contributed by atoms with Gasteiger partial charge in [0.25, 0.3) is 5.91 Å². The van der Waals surface area contributed by atoms with Crippen LogP contribution in [0.1, 0.15) is 29.5 Å². The lowest BCUT2D eigenvalue weighted by atomic mass is 10.2. The minimum atomic E-state index is -0.163. The normalized spacial score (nSPS) is 10.2. The van der Waals surface area contributed by atoms with Crippen molar-refractivity contribution in [2.24, 2.45) is 0 Å². The Hall–Kier alpha value is -2.30. The molecule has 5 heteroatoms. The highest BCUT2D eigenvalue weighted by atomic mass is 16.3. The number of carbonyl (C=O) groups excluding carboxylic acids is 1. The third kappa shape index (κ3) is 3.84. The van der Waals surface area contributed by atoms with Gasteiger partial charge in [-0.15, -0.1) is 0 Å². The van der Waals surface area contributed by atoms with Gasteiger partial charge in [-0.05, 0) is 24.6 Å². The number of amides is 1. The molecule has 19 heavy (non-hydrogen) atoms. The summed E-state index contributed by atoms with van der Waals surface area (Å²) in [4.78, 5) is 16.0. The van der Waals surface area contributed by atoms with Crippen LogP contribution in [0.2, 0.25) is 0 Å². The summed E-state index contributed by atoms with van der Waals surface area (Å²) in [5.41, 5.74) is 1.39. The highest BCUT2D eigenvalue weighted by molar-refractivity contribution is 5.94. The van der Waals surface area contributed by atoms with Crippen LogP contribution in [0.5, 0.6) is 0 Å². The average Bonchev–Trinajstić information content (AvgIpc) is 2.96. The Labute approximate surface area is 112 Å². The van der Waals surface area contributed by atoms with Crippen LogP contribution in [0.4, 0.5) is 5.69 Å². The fourth-order valence-electron chi connectivity index (χ4n) is 1.61. The third-order valence-electron chi connectivity index (χ3n) is 2.58. The van der Waals surface area contributed by atoms with Crippen molar-refractivity contribution in [3.63, 3.8) is 0 Å². The number of nitrogens with one attached hydrogen (secondary N) is 2. The SMILES string of the molecule is CCCNc1cncc(C(=O)NCc2ccco2)c1. The topological polar surface area (TPSA) is 67.2 Å². The van der Waals surface area contributed by atoms with E-state index < -0.39 is 0 Å². The van der Waals surface area contributed by atoms with Crippen molar-refractivity contribution < 1.29 is 9.21 Å². The molecule has 5 nitrogen and oxygen atoms in total. The zero-order valence-electron chi connectivity index (χ0n) is 10.8. The van der Waals surface area contributed by atoms with Gasteiger partial charge >= 0.3 is 0 Å². The summed E-state index contributed by atoms with van der Waals surface area (Å²) in [6.07, 6.45) is 5.86. The average molecular weight is 259 g/mol. The quantitative estimate of drug-likeness (QED) is 0.836. The smallest absolute Gasteiger partial charge is 0.253 e. The van der Waals surface area contributed by atoms with Crippen LogP contribution in [0.15, 0.2) is 41.3 Å². The third-order valence-corrected chi connectivity index (χ3v) is 2.58. The molecule has 1 amide bonds. The molecule has 0 aliphatic heterocycles. The predicted octanol–water partition coefficient (Wildman–Crippen LogP) is 2.43. The minimum Gasteiger partial charge on any atom is -0.467 e. The molecule has 0 saturated carbocycles. The zero-order chi connectivity index (χ0) is 13.5. The molecular weight excluding hydrogens is 242 g/mol. The van der Waals surface area contributed by atoms with Gasteiger partial charge in [0.05, 0.1) is 24.1 Å². The molecule has 0 atom stereocenters. The lowest BCUT2D eigenvalue weighted by Crippen LogP contribution is -2.22. The molecule has 0 unspecified atom stereocenters. The number of aromatic nitrogens is 1. The summed E-state index contributed by atoms with van der Waals surface area (Å²) in [6, 6.07) is 5.40. The fourth-order valence-corrected chi connectivity index (χ4v) is 1.61. The Morgan fingerprint density at radius 1 is 1.42 bits per heavy atom. The molecule has 2 N–H and O–H groups in total. The molecule has 0 aliphatic carbocycles. The molecule has 2 aromatic rings. The van der Waals surface area contributed by atoms with Crippen LogP contribution in [-0.2, 0) is 6.54 Å². The van der Waals surface area contributed by atoms with Gasteiger partial charge in [-0.25, -0.2) is 0 Å². The van der Waals surface area contributed by atoms with Gasteiger partial charge in [0.1, 0.15) is 5.76 Å². The molecule has 0 fully saturated rings. The van der Waals surface area contributed by atoms with Gasteiger partial charge in [-0.1, -0.05) is 6.92 Å². The summed E-state index contributed by atoms with van der Waals surface area (Å²) in [5.74, 6) is 0.561. The highest BCUT2D eigenvalue weighted by Gasteiger charge is 2.07. The van der Waals surface area contributed by atoms with Gasteiger partial charge in [0.2, 0.25) is 0 Å². The van der Waals surface area contributed by atoms with E-state index in [0.29, 0.717) is 12.1 Å². The maximum atomic E-state index is 11.9. The molecule has 0 bridgehead atoms. The van der Waals surface area contributed by atoms with Crippen molar-refractivity contribution in [3.05, 3.63) is 48.2 Å². The molecule has 100 valence electrons. The van der Waals surface area contributed by atoms with Crippen molar-refractivity contribution in [1.82, 2.24) is 10.3 Å². The summed E-state index contributed by atoms with van der Waals surface area (Å²) in [5, 5.41) is 5.98. The van der Waals surface area contributed by atoms with Crippen LogP contribution in [-0.4, -0.2) is 17.4 Å². The summed E-state index contributed by atoms with van der Waals surface area (Å²) in [6.45, 7) is 3.32. The van der Waals surface area contributed by atoms with Crippen molar-refractivity contribution in [1.29, 1.82) is 0 Å². The van der Waals surface area contributed by atoms with Crippen molar-refractivity contribution >= 4 is 11.6 Å². The van der Waals surface area contributed by atoms with Crippen LogP contribution < -0.4 is 10.6 Å². The summed E-state index contributed by atoms with van der Waals surface area (Å²) < 4.78 is 5.15. The van der Waals surface area contributed by atoms with Crippen molar-refractivity contribution in [2.45, 2.75) is 19.9 Å². The lowest BCUT2D eigenvalue weighted by Gasteiger charge is -2.07. The number of anilines is 1. The van der Waals surface area contributed by atoms with Crippen molar-refractivity contribution in [3.8, 4) is 0 Å². The van der Waals surface area contributed by atoms with Gasteiger partial charge in [-0.3, -0.25) is 9.78 Å². The second-order valence-electron chi connectivity index (χ2n) is 4.15. The second-order valence-corrected chi connectivity index (χ2v) is 4.15. The number of pyridine rings is 1. The van der Waals surface area contributed by atoms with E-state index in [0.717, 1.165) is 24.4 Å². The van der Waals surface area contributed by atoms with E-state index in [1.165, 1.54) is 0 Å². The minimum absolute atomic E-state index is 0.163. The molecule has 2 heterocycles. The standard InChI is InChI=1S/C14H17N3O2/c1-2-5-16-12-7-11(8-15-9-12)14(18)17-10-13-4-3-6-19-13/h3-4,6-9,16H,2,5,10H2,1H3,(H,17,18). The number of furan rings is 1. The molecule has 0 spiro atoms. The van der Waals surface area contributed by atoms with Gasteiger partial charge < -0.3 is 15.1 Å². The molecule has 2 rings (SSSR count). The first-order valence-electron chi connectivity index (χ1n) is 6.29. The molecule has 0 saturated heterocycles. The van der Waals surface area contributed by atoms with E-state index >= 15 is 0 Å². The Kier molecular flexibility index (Phi) is 4.55. The predicted molar refractivity (Wildman–Crippen MR) is 72.9 cm³/mol. The van der Waals surface area contributed by atoms with Gasteiger partial charge in [0, 0.05) is 18.9 Å². The Balaban J connectivity index is 1.94. The number of carbonyl (C=O) groups is 1. The van der Waals surface area contributed by atoms with Crippen molar-refractivity contribution in [2.75, 3.05) is 11.9 Å². The summed E-state index contributed by atoms with van der Waals surface area (Å²) in [7, 11) is 0. The van der Waals surface area contributed by atoms with Crippen LogP contribution in [0.25, 0.3) is 0 Å². The Morgan fingerprint density at radius 3 is 3.05 bits per heavy atom. The van der Waals surface area contributed by atoms with E-state index in [2.05, 4.69) is 22.5 Å². The van der Waals surface area contributed by atoms with E-state index in [4.69, 9.17) is 4.42 Å². The monoisotopic (exact) mass is 259 g/mol. The maximum absolute atomic E-state index is 11.9. The van der Waals surface area contributed by atoms with Gasteiger partial charge in [-0.2, -0.15) is 0 Å². The van der Waals surface area contributed by atoms with E-state index in [-0.39, 0.29) is 5.91 Å². The zero-order valence-corrected chi connectivity index (χ0v) is 10.8. The molecule has 0 aliphatic rings. The number of rotatable bonds is 6. The number of hydrogen-bond donors (Lipinski definition) is 2. The van der Waals surface area contributed by atoms with E-state index in [1.54, 1.807) is 30.8 Å². The second kappa shape index (κ2) is 6.58. The van der Waals surface area contributed by atoms with Crippen LogP contribution in [0, 0.1) is 0 Å². The lowest BCUT2D eigenvalue weighted by molar-refractivity contribution is 0.0947.